The molecule has 0 unspecified atom stereocenters. The van der Waals surface area contributed by atoms with Crippen LogP contribution in [0.25, 0.3) is 11.1 Å². The molecule has 0 radical (unpaired) electrons. The quantitative estimate of drug-likeness (QED) is 0.703. The van der Waals surface area contributed by atoms with Gasteiger partial charge in [0, 0.05) is 24.2 Å². The zero-order chi connectivity index (χ0) is 14.3. The summed E-state index contributed by atoms with van der Waals surface area (Å²) < 4.78 is 5.70. The fourth-order valence-corrected chi connectivity index (χ4v) is 2.24. The van der Waals surface area contributed by atoms with Gasteiger partial charge in [-0.05, 0) is 42.7 Å². The van der Waals surface area contributed by atoms with Crippen LogP contribution in [0.3, 0.4) is 0 Å². The van der Waals surface area contributed by atoms with Crippen molar-refractivity contribution in [3.63, 3.8) is 0 Å². The van der Waals surface area contributed by atoms with E-state index < -0.39 is 0 Å². The highest BCUT2D eigenvalue weighted by atomic mass is 16.5. The van der Waals surface area contributed by atoms with Crippen LogP contribution in [0.15, 0.2) is 61.1 Å². The Hall–Kier alpha value is -2.62. The van der Waals surface area contributed by atoms with Gasteiger partial charge in [-0.1, -0.05) is 18.2 Å². The van der Waals surface area contributed by atoms with Gasteiger partial charge in [-0.15, -0.1) is 0 Å². The molecule has 4 nitrogen and oxygen atoms in total. The third-order valence-electron chi connectivity index (χ3n) is 3.28. The van der Waals surface area contributed by atoms with E-state index in [2.05, 4.69) is 15.2 Å². The largest absolute Gasteiger partial charge is 0.494 e. The lowest BCUT2D eigenvalue weighted by Gasteiger charge is -2.06. The third kappa shape index (κ3) is 3.48. The van der Waals surface area contributed by atoms with Gasteiger partial charge < -0.3 is 4.74 Å². The number of rotatable bonds is 6. The van der Waals surface area contributed by atoms with Gasteiger partial charge in [-0.3, -0.25) is 10.1 Å². The average Bonchev–Trinajstić information content (AvgIpc) is 3.02. The first-order valence-electron chi connectivity index (χ1n) is 7.04. The van der Waals surface area contributed by atoms with E-state index >= 15 is 0 Å². The van der Waals surface area contributed by atoms with Crippen LogP contribution in [0.4, 0.5) is 0 Å². The molecule has 3 aromatic rings. The summed E-state index contributed by atoms with van der Waals surface area (Å²) in [4.78, 5) is 4.04. The number of aromatic amines is 1. The van der Waals surface area contributed by atoms with Crippen LogP contribution < -0.4 is 4.74 Å². The van der Waals surface area contributed by atoms with Crippen LogP contribution in [0.2, 0.25) is 0 Å². The molecule has 0 aliphatic heterocycles. The van der Waals surface area contributed by atoms with E-state index in [1.165, 1.54) is 0 Å². The van der Waals surface area contributed by atoms with Crippen molar-refractivity contribution in [3.05, 3.63) is 66.7 Å². The van der Waals surface area contributed by atoms with E-state index in [-0.39, 0.29) is 0 Å². The molecule has 21 heavy (non-hydrogen) atoms. The summed E-state index contributed by atoms with van der Waals surface area (Å²) in [7, 11) is 0. The molecule has 2 heterocycles. The normalized spacial score (nSPS) is 10.5. The number of hydrogen-bond acceptors (Lipinski definition) is 3. The van der Waals surface area contributed by atoms with Crippen molar-refractivity contribution in [2.75, 3.05) is 6.61 Å². The van der Waals surface area contributed by atoms with E-state index in [0.29, 0.717) is 6.61 Å². The highest BCUT2D eigenvalue weighted by Gasteiger charge is 2.07. The predicted molar refractivity (Wildman–Crippen MR) is 82.1 cm³/mol. The number of benzene rings is 1. The Balaban J connectivity index is 1.56. The minimum absolute atomic E-state index is 0.687. The molecule has 0 atom stereocenters. The first-order valence-corrected chi connectivity index (χ1v) is 7.04. The number of hydrogen-bond donors (Lipinski definition) is 1. The number of H-pyrrole nitrogens is 1. The van der Waals surface area contributed by atoms with Crippen molar-refractivity contribution < 1.29 is 4.74 Å². The van der Waals surface area contributed by atoms with Gasteiger partial charge in [-0.25, -0.2) is 0 Å². The van der Waals surface area contributed by atoms with Gasteiger partial charge in [0.25, 0.3) is 0 Å². The lowest BCUT2D eigenvalue weighted by Crippen LogP contribution is -2.00. The number of para-hydroxylation sites is 1. The predicted octanol–water partition coefficient (Wildman–Crippen LogP) is 3.48. The van der Waals surface area contributed by atoms with Crippen LogP contribution in [0.5, 0.6) is 5.75 Å². The molecule has 0 fully saturated rings. The van der Waals surface area contributed by atoms with Crippen LogP contribution in [-0.4, -0.2) is 21.8 Å². The summed E-state index contributed by atoms with van der Waals surface area (Å²) in [5.41, 5.74) is 3.34. The zero-order valence-corrected chi connectivity index (χ0v) is 11.7. The SMILES string of the molecule is c1ccc(OCCCc2n[nH]cc2-c2ccncc2)cc1. The highest BCUT2D eigenvalue weighted by molar-refractivity contribution is 5.64. The maximum absolute atomic E-state index is 5.70. The monoisotopic (exact) mass is 279 g/mol. The zero-order valence-electron chi connectivity index (χ0n) is 11.7. The van der Waals surface area contributed by atoms with E-state index in [0.717, 1.165) is 35.4 Å². The number of nitrogens with one attached hydrogen (secondary N) is 1. The van der Waals surface area contributed by atoms with Crippen molar-refractivity contribution in [2.24, 2.45) is 0 Å². The summed E-state index contributed by atoms with van der Waals surface area (Å²) >= 11 is 0. The molecule has 3 rings (SSSR count). The molecule has 106 valence electrons. The Bertz CT molecular complexity index is 665. The topological polar surface area (TPSA) is 50.8 Å². The maximum Gasteiger partial charge on any atom is 0.119 e. The first-order chi connectivity index (χ1) is 10.4. The van der Waals surface area contributed by atoms with Gasteiger partial charge in [0.2, 0.25) is 0 Å². The molecule has 0 aliphatic carbocycles. The molecule has 4 heteroatoms. The van der Waals surface area contributed by atoms with E-state index in [1.807, 2.05) is 48.7 Å². The fourth-order valence-electron chi connectivity index (χ4n) is 2.24. The number of aromatic nitrogens is 3. The second-order valence-electron chi connectivity index (χ2n) is 4.75. The molecule has 1 N–H and O–H groups in total. The lowest BCUT2D eigenvalue weighted by molar-refractivity contribution is 0.310. The fraction of sp³-hybridized carbons (Fsp3) is 0.176. The molecular formula is C17H17N3O. The molecule has 1 aromatic carbocycles. The number of aryl methyl sites for hydroxylation is 1. The molecule has 0 spiro atoms. The molecular weight excluding hydrogens is 262 g/mol. The Labute approximate surface area is 123 Å². The molecule has 0 bridgehead atoms. The van der Waals surface area contributed by atoms with Crippen molar-refractivity contribution in [2.45, 2.75) is 12.8 Å². The minimum Gasteiger partial charge on any atom is -0.494 e. The van der Waals surface area contributed by atoms with E-state index in [4.69, 9.17) is 4.74 Å². The maximum atomic E-state index is 5.70. The average molecular weight is 279 g/mol. The second-order valence-corrected chi connectivity index (χ2v) is 4.75. The summed E-state index contributed by atoms with van der Waals surface area (Å²) in [5, 5.41) is 7.28. The van der Waals surface area contributed by atoms with Crippen LogP contribution >= 0.6 is 0 Å². The molecule has 0 saturated carbocycles. The Morgan fingerprint density at radius 2 is 1.81 bits per heavy atom. The summed E-state index contributed by atoms with van der Waals surface area (Å²) in [6, 6.07) is 13.9. The summed E-state index contributed by atoms with van der Waals surface area (Å²) in [5.74, 6) is 0.911. The Morgan fingerprint density at radius 3 is 2.62 bits per heavy atom. The standard InChI is InChI=1S/C17H17N3O/c1-2-5-15(6-3-1)21-12-4-7-17-16(13-19-20-17)14-8-10-18-11-9-14/h1-3,5-6,8-11,13H,4,7,12H2,(H,19,20). The minimum atomic E-state index is 0.687. The number of pyridine rings is 1. The van der Waals surface area contributed by atoms with Crippen LogP contribution in [0, 0.1) is 0 Å². The van der Waals surface area contributed by atoms with E-state index in [1.54, 1.807) is 12.4 Å². The smallest absolute Gasteiger partial charge is 0.119 e. The van der Waals surface area contributed by atoms with Gasteiger partial charge >= 0.3 is 0 Å². The molecule has 0 amide bonds. The Morgan fingerprint density at radius 1 is 1.00 bits per heavy atom. The molecule has 2 aromatic heterocycles. The lowest BCUT2D eigenvalue weighted by atomic mass is 10.1. The van der Waals surface area contributed by atoms with Crippen molar-refractivity contribution in [1.82, 2.24) is 15.2 Å². The summed E-state index contributed by atoms with van der Waals surface area (Å²) in [6.45, 7) is 0.687. The van der Waals surface area contributed by atoms with Crippen LogP contribution in [-0.2, 0) is 6.42 Å². The summed E-state index contributed by atoms with van der Waals surface area (Å²) in [6.07, 6.45) is 7.34. The second kappa shape index (κ2) is 6.70. The number of ether oxygens (including phenoxy) is 1. The Kier molecular flexibility index (Phi) is 4.27. The number of nitrogens with zero attached hydrogens (tertiary/aromatic N) is 2. The van der Waals surface area contributed by atoms with Gasteiger partial charge in [0.15, 0.2) is 0 Å². The molecule has 0 saturated heterocycles. The van der Waals surface area contributed by atoms with Crippen molar-refractivity contribution in [1.29, 1.82) is 0 Å². The third-order valence-corrected chi connectivity index (χ3v) is 3.28. The first kappa shape index (κ1) is 13.4. The van der Waals surface area contributed by atoms with Crippen molar-refractivity contribution in [3.8, 4) is 16.9 Å². The van der Waals surface area contributed by atoms with Gasteiger partial charge in [0.1, 0.15) is 5.75 Å². The van der Waals surface area contributed by atoms with E-state index in [9.17, 15) is 0 Å². The molecule has 0 aliphatic rings. The van der Waals surface area contributed by atoms with Gasteiger partial charge in [0.05, 0.1) is 12.3 Å². The van der Waals surface area contributed by atoms with Gasteiger partial charge in [-0.2, -0.15) is 5.10 Å². The van der Waals surface area contributed by atoms with Crippen LogP contribution in [0.1, 0.15) is 12.1 Å². The van der Waals surface area contributed by atoms with Crippen molar-refractivity contribution >= 4 is 0 Å². The highest BCUT2D eigenvalue weighted by Crippen LogP contribution is 2.22.